The molecule has 22 heavy (non-hydrogen) atoms. The molecule has 0 N–H and O–H groups in total. The molecular weight excluding hydrogens is 268 g/mol. The van der Waals surface area contributed by atoms with Crippen LogP contribution in [0.1, 0.15) is 37.3 Å². The van der Waals surface area contributed by atoms with Crippen LogP contribution < -0.4 is 0 Å². The van der Waals surface area contributed by atoms with Gasteiger partial charge in [0.15, 0.2) is 0 Å². The van der Waals surface area contributed by atoms with E-state index in [-0.39, 0.29) is 0 Å². The Kier molecular flexibility index (Phi) is 6.38. The summed E-state index contributed by atoms with van der Waals surface area (Å²) in [4.78, 5) is 11.5. The van der Waals surface area contributed by atoms with Gasteiger partial charge in [-0.3, -0.25) is 4.79 Å². The lowest BCUT2D eigenvalue weighted by Gasteiger charge is -2.03. The number of ketones is 1. The third kappa shape index (κ3) is 5.17. The van der Waals surface area contributed by atoms with Crippen LogP contribution in [0.2, 0.25) is 0 Å². The van der Waals surface area contributed by atoms with Gasteiger partial charge in [0.25, 0.3) is 0 Å². The van der Waals surface area contributed by atoms with Gasteiger partial charge in [-0.25, -0.2) is 0 Å². The highest BCUT2D eigenvalue weighted by Crippen LogP contribution is 2.18. The predicted octanol–water partition coefficient (Wildman–Crippen LogP) is 5.54. The number of carbonyl (C=O) groups excluding carboxylic acids is 1. The molecule has 0 bridgehead atoms. The van der Waals surface area contributed by atoms with Gasteiger partial charge in [0.1, 0.15) is 5.78 Å². The summed E-state index contributed by atoms with van der Waals surface area (Å²) in [5.41, 5.74) is 3.51. The van der Waals surface area contributed by atoms with Crippen LogP contribution in [0.25, 0.3) is 11.6 Å². The molecule has 2 aromatic rings. The SMILES string of the molecule is CCC(=O)CC/C=C(\C=C\c1ccccc1)c1ccccc1. The maximum atomic E-state index is 11.5. The highest BCUT2D eigenvalue weighted by atomic mass is 16.1. The smallest absolute Gasteiger partial charge is 0.132 e. The molecule has 0 heterocycles. The van der Waals surface area contributed by atoms with Crippen molar-refractivity contribution in [2.45, 2.75) is 26.2 Å². The maximum Gasteiger partial charge on any atom is 0.132 e. The fourth-order valence-electron chi connectivity index (χ4n) is 2.23. The molecule has 2 aromatic carbocycles. The fourth-order valence-corrected chi connectivity index (χ4v) is 2.23. The molecule has 0 saturated carbocycles. The van der Waals surface area contributed by atoms with E-state index >= 15 is 0 Å². The van der Waals surface area contributed by atoms with E-state index in [1.54, 1.807) is 0 Å². The highest BCUT2D eigenvalue weighted by molar-refractivity contribution is 5.81. The first-order chi connectivity index (χ1) is 10.8. The Balaban J connectivity index is 2.17. The van der Waals surface area contributed by atoms with Crippen LogP contribution in [0, 0.1) is 0 Å². The monoisotopic (exact) mass is 290 g/mol. The van der Waals surface area contributed by atoms with Crippen LogP contribution in [0.3, 0.4) is 0 Å². The number of Topliss-reactive ketones (excluding diaryl/α,β-unsaturated/α-hetero) is 1. The van der Waals surface area contributed by atoms with E-state index in [1.165, 1.54) is 11.1 Å². The minimum absolute atomic E-state index is 0.315. The molecule has 0 unspecified atom stereocenters. The first-order valence-electron chi connectivity index (χ1n) is 7.80. The van der Waals surface area contributed by atoms with E-state index in [4.69, 9.17) is 0 Å². The van der Waals surface area contributed by atoms with Gasteiger partial charge in [-0.05, 0) is 23.1 Å². The van der Waals surface area contributed by atoms with Crippen molar-refractivity contribution in [1.82, 2.24) is 0 Å². The second kappa shape index (κ2) is 8.78. The highest BCUT2D eigenvalue weighted by Gasteiger charge is 1.99. The zero-order chi connectivity index (χ0) is 15.6. The average molecular weight is 290 g/mol. The summed E-state index contributed by atoms with van der Waals surface area (Å²) < 4.78 is 0. The second-order valence-corrected chi connectivity index (χ2v) is 5.20. The lowest BCUT2D eigenvalue weighted by molar-refractivity contribution is -0.118. The van der Waals surface area contributed by atoms with Crippen LogP contribution in [0.4, 0.5) is 0 Å². The minimum Gasteiger partial charge on any atom is -0.300 e. The quantitative estimate of drug-likeness (QED) is 0.612. The number of benzene rings is 2. The lowest BCUT2D eigenvalue weighted by Crippen LogP contribution is -1.93. The molecule has 0 aliphatic carbocycles. The zero-order valence-electron chi connectivity index (χ0n) is 13.0. The van der Waals surface area contributed by atoms with Gasteiger partial charge >= 0.3 is 0 Å². The molecule has 0 saturated heterocycles. The summed E-state index contributed by atoms with van der Waals surface area (Å²) in [6.07, 6.45) is 8.42. The number of allylic oxidation sites excluding steroid dienone is 3. The Morgan fingerprint density at radius 3 is 2.23 bits per heavy atom. The van der Waals surface area contributed by atoms with E-state index in [0.717, 1.165) is 12.0 Å². The molecule has 0 atom stereocenters. The Morgan fingerprint density at radius 2 is 1.59 bits per heavy atom. The van der Waals surface area contributed by atoms with Crippen molar-refractivity contribution < 1.29 is 4.79 Å². The number of hydrogen-bond donors (Lipinski definition) is 0. The summed E-state index contributed by atoms with van der Waals surface area (Å²) >= 11 is 0. The van der Waals surface area contributed by atoms with Crippen molar-refractivity contribution in [3.63, 3.8) is 0 Å². The van der Waals surface area contributed by atoms with Gasteiger partial charge in [0, 0.05) is 12.8 Å². The number of carbonyl (C=O) groups is 1. The van der Waals surface area contributed by atoms with Crippen molar-refractivity contribution in [2.75, 3.05) is 0 Å². The summed E-state index contributed by atoms with van der Waals surface area (Å²) in [6, 6.07) is 20.5. The lowest BCUT2D eigenvalue weighted by atomic mass is 10.0. The van der Waals surface area contributed by atoms with E-state index in [1.807, 2.05) is 43.3 Å². The molecule has 0 fully saturated rings. The van der Waals surface area contributed by atoms with Crippen molar-refractivity contribution in [3.05, 3.63) is 83.9 Å². The molecule has 1 heteroatoms. The van der Waals surface area contributed by atoms with Crippen molar-refractivity contribution in [2.24, 2.45) is 0 Å². The second-order valence-electron chi connectivity index (χ2n) is 5.20. The number of rotatable bonds is 7. The zero-order valence-corrected chi connectivity index (χ0v) is 13.0. The Morgan fingerprint density at radius 1 is 0.955 bits per heavy atom. The predicted molar refractivity (Wildman–Crippen MR) is 94.4 cm³/mol. The molecule has 0 aromatic heterocycles. The number of hydrogen-bond acceptors (Lipinski definition) is 1. The first kappa shape index (κ1) is 16.0. The van der Waals surface area contributed by atoms with E-state index in [2.05, 4.69) is 42.5 Å². The molecule has 0 radical (unpaired) electrons. The third-order valence-corrected chi connectivity index (χ3v) is 3.54. The van der Waals surface area contributed by atoms with Gasteiger partial charge in [0.2, 0.25) is 0 Å². The standard InChI is InChI=1S/C21H22O/c1-2-21(22)15-9-14-20(19-12-7-4-8-13-19)17-16-18-10-5-3-6-11-18/h3-8,10-14,16-17H,2,9,15H2,1H3/b17-16+,20-14+. The van der Waals surface area contributed by atoms with Crippen LogP contribution in [-0.2, 0) is 4.79 Å². The minimum atomic E-state index is 0.315. The van der Waals surface area contributed by atoms with Crippen molar-refractivity contribution >= 4 is 17.4 Å². The van der Waals surface area contributed by atoms with Gasteiger partial charge < -0.3 is 0 Å². The molecule has 0 amide bonds. The summed E-state index contributed by atoms with van der Waals surface area (Å²) in [7, 11) is 0. The van der Waals surface area contributed by atoms with Crippen LogP contribution >= 0.6 is 0 Å². The third-order valence-electron chi connectivity index (χ3n) is 3.54. The fraction of sp³-hybridized carbons (Fsp3) is 0.190. The van der Waals surface area contributed by atoms with Gasteiger partial charge in [0.05, 0.1) is 0 Å². The Hall–Kier alpha value is -2.41. The first-order valence-corrected chi connectivity index (χ1v) is 7.80. The van der Waals surface area contributed by atoms with E-state index in [9.17, 15) is 4.79 Å². The molecule has 0 spiro atoms. The maximum absolute atomic E-state index is 11.5. The van der Waals surface area contributed by atoms with Crippen LogP contribution in [0.5, 0.6) is 0 Å². The molecule has 1 nitrogen and oxygen atoms in total. The summed E-state index contributed by atoms with van der Waals surface area (Å²) in [5.74, 6) is 0.315. The van der Waals surface area contributed by atoms with E-state index in [0.29, 0.717) is 18.6 Å². The normalized spacial score (nSPS) is 11.8. The summed E-state index contributed by atoms with van der Waals surface area (Å²) in [6.45, 7) is 1.92. The van der Waals surface area contributed by atoms with Gasteiger partial charge in [-0.1, -0.05) is 85.8 Å². The molecular formula is C21H22O. The van der Waals surface area contributed by atoms with E-state index < -0.39 is 0 Å². The van der Waals surface area contributed by atoms with Crippen molar-refractivity contribution in [1.29, 1.82) is 0 Å². The summed E-state index contributed by atoms with van der Waals surface area (Å²) in [5, 5.41) is 0. The topological polar surface area (TPSA) is 17.1 Å². The average Bonchev–Trinajstić information content (AvgIpc) is 2.59. The Labute approximate surface area is 133 Å². The molecule has 0 aliphatic heterocycles. The molecule has 2 rings (SSSR count). The van der Waals surface area contributed by atoms with Crippen LogP contribution in [0.15, 0.2) is 72.8 Å². The van der Waals surface area contributed by atoms with Crippen LogP contribution in [-0.4, -0.2) is 5.78 Å². The molecule has 112 valence electrons. The van der Waals surface area contributed by atoms with Gasteiger partial charge in [-0.15, -0.1) is 0 Å². The molecule has 0 aliphatic rings. The van der Waals surface area contributed by atoms with Crippen molar-refractivity contribution in [3.8, 4) is 0 Å². The largest absolute Gasteiger partial charge is 0.300 e. The van der Waals surface area contributed by atoms with Gasteiger partial charge in [-0.2, -0.15) is 0 Å². The Bertz CT molecular complexity index is 636.